The minimum absolute atomic E-state index is 0.195. The number of hydrogen-bond donors (Lipinski definition) is 0. The summed E-state index contributed by atoms with van der Waals surface area (Å²) < 4.78 is 4.54. The molecule has 238 valence electrons. The van der Waals surface area contributed by atoms with Gasteiger partial charge in [-0.05, 0) is 71.8 Å². The standard InChI is InChI=1S/C46H29N5/c1-29-32(27-48)24-33(28-49)46(38-16-5-9-20-43(38)51-41-18-7-2-13-35(41)36-14-3-8-19-42(36)51)45(29)31-11-10-12-34(25-31)50-40-17-6-4-15-37(40)39-23-30(26-47)21-22-44(39)50/h2-25,29,45H,1H3. The Morgan fingerprint density at radius 1 is 0.529 bits per heavy atom. The topological polar surface area (TPSA) is 81.2 Å². The zero-order chi connectivity index (χ0) is 34.6. The van der Waals surface area contributed by atoms with Gasteiger partial charge in [0.2, 0.25) is 0 Å². The van der Waals surface area contributed by atoms with Gasteiger partial charge in [-0.3, -0.25) is 0 Å². The fourth-order valence-electron chi connectivity index (χ4n) is 8.21. The van der Waals surface area contributed by atoms with Crippen molar-refractivity contribution in [3.63, 3.8) is 0 Å². The fourth-order valence-corrected chi connectivity index (χ4v) is 8.21. The Morgan fingerprint density at radius 2 is 1.14 bits per heavy atom. The van der Waals surface area contributed by atoms with E-state index >= 15 is 0 Å². The number of nitriles is 3. The lowest BCUT2D eigenvalue weighted by Crippen LogP contribution is -2.20. The van der Waals surface area contributed by atoms with Crippen molar-refractivity contribution < 1.29 is 0 Å². The number of rotatable bonds is 4. The second-order valence-electron chi connectivity index (χ2n) is 13.1. The number of hydrogen-bond acceptors (Lipinski definition) is 3. The van der Waals surface area contributed by atoms with Gasteiger partial charge in [-0.15, -0.1) is 0 Å². The third-order valence-electron chi connectivity index (χ3n) is 10.4. The summed E-state index contributed by atoms with van der Waals surface area (Å²) in [6.45, 7) is 2.09. The Bertz CT molecular complexity index is 2880. The molecular weight excluding hydrogens is 623 g/mol. The van der Waals surface area contributed by atoms with E-state index in [9.17, 15) is 15.8 Å². The third kappa shape index (κ3) is 4.52. The van der Waals surface area contributed by atoms with Gasteiger partial charge in [0.1, 0.15) is 0 Å². The van der Waals surface area contributed by atoms with Crippen LogP contribution in [0.15, 0.2) is 157 Å². The summed E-state index contributed by atoms with van der Waals surface area (Å²) in [4.78, 5) is 0. The first kappa shape index (κ1) is 30.0. The van der Waals surface area contributed by atoms with E-state index in [2.05, 4.69) is 131 Å². The van der Waals surface area contributed by atoms with Crippen LogP contribution < -0.4 is 0 Å². The van der Waals surface area contributed by atoms with Crippen LogP contribution >= 0.6 is 0 Å². The normalized spacial score (nSPS) is 15.9. The molecule has 0 aliphatic heterocycles. The molecule has 51 heavy (non-hydrogen) atoms. The maximum absolute atomic E-state index is 10.7. The molecule has 6 aromatic carbocycles. The van der Waals surface area contributed by atoms with E-state index < -0.39 is 0 Å². The number of allylic oxidation sites excluding steroid dienone is 4. The first-order valence-corrected chi connectivity index (χ1v) is 17.0. The maximum atomic E-state index is 10.7. The van der Waals surface area contributed by atoms with Crippen LogP contribution in [0.2, 0.25) is 0 Å². The van der Waals surface area contributed by atoms with Gasteiger partial charge in [0.25, 0.3) is 0 Å². The van der Waals surface area contributed by atoms with Crippen molar-refractivity contribution >= 4 is 49.2 Å². The number of fused-ring (bicyclic) bond motifs is 6. The molecular formula is C46H29N5. The lowest BCUT2D eigenvalue weighted by atomic mass is 9.70. The van der Waals surface area contributed by atoms with E-state index in [0.717, 1.165) is 60.9 Å². The van der Waals surface area contributed by atoms with Crippen molar-refractivity contribution in [1.29, 1.82) is 15.8 Å². The van der Waals surface area contributed by atoms with Crippen LogP contribution in [0.5, 0.6) is 0 Å². The largest absolute Gasteiger partial charge is 0.309 e. The SMILES string of the molecule is CC1C(C#N)=CC(C#N)=C(c2ccccc2-n2c3ccccc3c3ccccc32)C1c1cccc(-n2c3ccccc3c3cc(C#N)ccc32)c1. The van der Waals surface area contributed by atoms with Crippen LogP contribution in [-0.4, -0.2) is 9.13 Å². The molecule has 2 unspecified atom stereocenters. The molecule has 1 aliphatic rings. The average Bonchev–Trinajstić information content (AvgIpc) is 3.70. The Hall–Kier alpha value is -7.13. The van der Waals surface area contributed by atoms with E-state index in [1.807, 2.05) is 42.5 Å². The molecule has 0 fully saturated rings. The fraction of sp³-hybridized carbons (Fsp3) is 0.0652. The van der Waals surface area contributed by atoms with Crippen LogP contribution in [0, 0.1) is 39.9 Å². The molecule has 1 aliphatic carbocycles. The first-order chi connectivity index (χ1) is 25.1. The molecule has 5 nitrogen and oxygen atoms in total. The quantitative estimate of drug-likeness (QED) is 0.190. The van der Waals surface area contributed by atoms with Crippen LogP contribution in [0.25, 0.3) is 60.6 Å². The first-order valence-electron chi connectivity index (χ1n) is 17.0. The number of nitrogens with zero attached hydrogens (tertiary/aromatic N) is 5. The molecule has 0 radical (unpaired) electrons. The van der Waals surface area contributed by atoms with Gasteiger partial charge in [0, 0.05) is 50.2 Å². The van der Waals surface area contributed by atoms with Crippen molar-refractivity contribution in [3.8, 4) is 29.6 Å². The second-order valence-corrected chi connectivity index (χ2v) is 13.1. The second kappa shape index (κ2) is 11.8. The summed E-state index contributed by atoms with van der Waals surface area (Å²) in [6, 6.07) is 55.0. The van der Waals surface area contributed by atoms with Gasteiger partial charge in [-0.2, -0.15) is 15.8 Å². The lowest BCUT2D eigenvalue weighted by Gasteiger charge is -2.32. The molecule has 0 spiro atoms. The molecule has 2 heterocycles. The predicted molar refractivity (Wildman–Crippen MR) is 204 cm³/mol. The zero-order valence-corrected chi connectivity index (χ0v) is 27.7. The predicted octanol–water partition coefficient (Wildman–Crippen LogP) is 10.9. The molecule has 8 aromatic rings. The maximum Gasteiger partial charge on any atom is 0.0995 e. The molecule has 0 N–H and O–H groups in total. The van der Waals surface area contributed by atoms with Gasteiger partial charge in [-0.1, -0.05) is 91.9 Å². The minimum Gasteiger partial charge on any atom is -0.309 e. The molecule has 2 aromatic heterocycles. The molecule has 9 rings (SSSR count). The number of para-hydroxylation sites is 4. The Kier molecular flexibility index (Phi) is 6.92. The van der Waals surface area contributed by atoms with Crippen LogP contribution in [0.4, 0.5) is 0 Å². The molecule has 0 saturated carbocycles. The Labute approximate surface area is 295 Å². The van der Waals surface area contributed by atoms with Crippen LogP contribution in [0.3, 0.4) is 0 Å². The van der Waals surface area contributed by atoms with Crippen molar-refractivity contribution in [2.24, 2.45) is 5.92 Å². The zero-order valence-electron chi connectivity index (χ0n) is 27.7. The smallest absolute Gasteiger partial charge is 0.0995 e. The van der Waals surface area contributed by atoms with Gasteiger partial charge in [0.05, 0.1) is 57.1 Å². The van der Waals surface area contributed by atoms with Crippen molar-refractivity contribution in [2.75, 3.05) is 0 Å². The lowest BCUT2D eigenvalue weighted by molar-refractivity contribution is 0.624. The highest BCUT2D eigenvalue weighted by Crippen LogP contribution is 2.49. The Balaban J connectivity index is 1.30. The number of benzene rings is 6. The summed E-state index contributed by atoms with van der Waals surface area (Å²) in [5.74, 6) is -0.480. The molecule has 0 bridgehead atoms. The summed E-state index contributed by atoms with van der Waals surface area (Å²) in [5, 5.41) is 35.2. The van der Waals surface area contributed by atoms with Gasteiger partial charge in [0.15, 0.2) is 0 Å². The minimum atomic E-state index is -0.285. The van der Waals surface area contributed by atoms with Crippen LogP contribution in [-0.2, 0) is 0 Å². The third-order valence-corrected chi connectivity index (χ3v) is 10.4. The van der Waals surface area contributed by atoms with E-state index in [1.165, 1.54) is 10.8 Å². The molecule has 5 heteroatoms. The van der Waals surface area contributed by atoms with E-state index in [4.69, 9.17) is 0 Å². The highest BCUT2D eigenvalue weighted by Gasteiger charge is 2.35. The van der Waals surface area contributed by atoms with E-state index in [0.29, 0.717) is 16.7 Å². The van der Waals surface area contributed by atoms with Crippen LogP contribution in [0.1, 0.15) is 29.5 Å². The van der Waals surface area contributed by atoms with Gasteiger partial charge >= 0.3 is 0 Å². The monoisotopic (exact) mass is 651 g/mol. The Morgan fingerprint density at radius 3 is 1.80 bits per heavy atom. The molecule has 0 amide bonds. The molecule has 2 atom stereocenters. The van der Waals surface area contributed by atoms with E-state index in [1.54, 1.807) is 6.08 Å². The van der Waals surface area contributed by atoms with Crippen molar-refractivity contribution in [1.82, 2.24) is 9.13 Å². The summed E-state index contributed by atoms with van der Waals surface area (Å²) in [7, 11) is 0. The summed E-state index contributed by atoms with van der Waals surface area (Å²) >= 11 is 0. The van der Waals surface area contributed by atoms with E-state index in [-0.39, 0.29) is 11.8 Å². The van der Waals surface area contributed by atoms with Gasteiger partial charge in [-0.25, -0.2) is 0 Å². The van der Waals surface area contributed by atoms with Crippen molar-refractivity contribution in [3.05, 3.63) is 173 Å². The number of aromatic nitrogens is 2. The van der Waals surface area contributed by atoms with Gasteiger partial charge < -0.3 is 9.13 Å². The highest BCUT2D eigenvalue weighted by atomic mass is 15.0. The molecule has 0 saturated heterocycles. The average molecular weight is 652 g/mol. The summed E-state index contributed by atoms with van der Waals surface area (Å²) in [5.41, 5.74) is 10.7. The van der Waals surface area contributed by atoms with Crippen molar-refractivity contribution in [2.45, 2.75) is 12.8 Å². The highest BCUT2D eigenvalue weighted by molar-refractivity contribution is 6.10. The summed E-state index contributed by atoms with van der Waals surface area (Å²) in [6.07, 6.45) is 1.78.